The number of nitrogens with two attached hydrogens (primary N) is 1. The van der Waals surface area contributed by atoms with Gasteiger partial charge >= 0.3 is 11.7 Å². The van der Waals surface area contributed by atoms with Gasteiger partial charge in [0.1, 0.15) is 11.7 Å². The van der Waals surface area contributed by atoms with Gasteiger partial charge in [0, 0.05) is 17.9 Å². The van der Waals surface area contributed by atoms with Crippen molar-refractivity contribution in [2.75, 3.05) is 17.2 Å². The van der Waals surface area contributed by atoms with Crippen LogP contribution >= 0.6 is 0 Å². The van der Waals surface area contributed by atoms with E-state index in [0.717, 1.165) is 30.2 Å². The molecule has 2 N–H and O–H groups in total. The van der Waals surface area contributed by atoms with Crippen molar-refractivity contribution in [1.29, 1.82) is 0 Å². The average molecular weight is 388 g/mol. The first-order chi connectivity index (χ1) is 13.4. The number of halogens is 2. The molecule has 0 radical (unpaired) electrons. The molecule has 0 fully saturated rings. The first-order valence-electron chi connectivity index (χ1n) is 8.47. The number of nitrogens with zero attached hydrogens (tertiary/aromatic N) is 5. The van der Waals surface area contributed by atoms with Crippen LogP contribution in [0.2, 0.25) is 0 Å². The van der Waals surface area contributed by atoms with Gasteiger partial charge in [0.05, 0.1) is 6.54 Å². The van der Waals surface area contributed by atoms with Crippen molar-refractivity contribution in [3.05, 3.63) is 70.7 Å². The normalized spacial score (nSPS) is 14.4. The number of anilines is 2. The van der Waals surface area contributed by atoms with Crippen LogP contribution in [0, 0.1) is 0 Å². The predicted octanol–water partition coefficient (Wildman–Crippen LogP) is 2.34. The van der Waals surface area contributed by atoms with Crippen LogP contribution in [0.15, 0.2) is 59.5 Å². The van der Waals surface area contributed by atoms with Crippen molar-refractivity contribution in [3.63, 3.8) is 0 Å². The molecule has 0 atom stereocenters. The van der Waals surface area contributed by atoms with Gasteiger partial charge in [0.2, 0.25) is 0 Å². The Kier molecular flexibility index (Phi) is 5.48. The third kappa shape index (κ3) is 4.05. The molecule has 28 heavy (non-hydrogen) atoms. The number of carbonyl (C=O) groups is 1. The van der Waals surface area contributed by atoms with Crippen molar-refractivity contribution >= 4 is 17.4 Å². The zero-order valence-corrected chi connectivity index (χ0v) is 14.9. The highest BCUT2D eigenvalue weighted by Gasteiger charge is 2.27. The van der Waals surface area contributed by atoms with Crippen molar-refractivity contribution in [1.82, 2.24) is 19.8 Å². The van der Waals surface area contributed by atoms with E-state index < -0.39 is 29.9 Å². The second kappa shape index (κ2) is 7.99. The molecule has 8 nitrogen and oxygen atoms in total. The summed E-state index contributed by atoms with van der Waals surface area (Å²) in [5, 5.41) is 7.10. The fourth-order valence-corrected chi connectivity index (χ4v) is 2.88. The molecule has 0 unspecified atom stereocenters. The Morgan fingerprint density at radius 3 is 2.86 bits per heavy atom. The molecule has 1 amide bonds. The molecule has 0 saturated carbocycles. The van der Waals surface area contributed by atoms with Crippen molar-refractivity contribution in [3.8, 4) is 0 Å². The first kappa shape index (κ1) is 19.2. The highest BCUT2D eigenvalue weighted by molar-refractivity contribution is 5.94. The Hall–Kier alpha value is -3.56. The van der Waals surface area contributed by atoms with Crippen LogP contribution in [0.3, 0.4) is 0 Å². The summed E-state index contributed by atoms with van der Waals surface area (Å²) in [5.74, 6) is -1.50. The maximum Gasteiger partial charge on any atom is 0.372 e. The summed E-state index contributed by atoms with van der Waals surface area (Å²) < 4.78 is 27.6. The number of rotatable bonds is 4. The Bertz CT molecular complexity index is 1040. The first-order valence-corrected chi connectivity index (χ1v) is 8.47. The highest BCUT2D eigenvalue weighted by atomic mass is 19.1. The fourth-order valence-electron chi connectivity index (χ4n) is 2.88. The van der Waals surface area contributed by atoms with Crippen LogP contribution < -0.4 is 16.3 Å². The standard InChI is InChI=1S/C18H18F2N6O2/c1-12(19)4-2-6-14(20)11-25-18(28)26(23-22-25)17(27)24-9-3-5-13-10-15(21)7-8-16(13)24/h2,4,6-8,10H,1,3,5,9,11,21H2/b4-2-,14-6+. The summed E-state index contributed by atoms with van der Waals surface area (Å²) in [4.78, 5) is 26.6. The zero-order valence-electron chi connectivity index (χ0n) is 14.9. The minimum atomic E-state index is -0.880. The molecule has 0 spiro atoms. The van der Waals surface area contributed by atoms with E-state index in [9.17, 15) is 18.4 Å². The lowest BCUT2D eigenvalue weighted by Gasteiger charge is -2.28. The molecule has 0 bridgehead atoms. The number of allylic oxidation sites excluding steroid dienone is 5. The van der Waals surface area contributed by atoms with Gasteiger partial charge in [0.25, 0.3) is 0 Å². The summed E-state index contributed by atoms with van der Waals surface area (Å²) in [5.41, 5.74) is 7.04. The fraction of sp³-hybridized carbons (Fsp3) is 0.222. The number of aromatic nitrogens is 4. The smallest absolute Gasteiger partial charge is 0.372 e. The number of hydrogen-bond donors (Lipinski definition) is 1. The summed E-state index contributed by atoms with van der Waals surface area (Å²) in [6.07, 6.45) is 4.50. The quantitative estimate of drug-likeness (QED) is 0.492. The predicted molar refractivity (Wildman–Crippen MR) is 100 cm³/mol. The van der Waals surface area contributed by atoms with Crippen LogP contribution in [0.4, 0.5) is 25.0 Å². The van der Waals surface area contributed by atoms with Gasteiger partial charge in [-0.25, -0.2) is 18.4 Å². The van der Waals surface area contributed by atoms with E-state index in [1.807, 2.05) is 0 Å². The second-order valence-electron chi connectivity index (χ2n) is 6.18. The maximum absolute atomic E-state index is 13.8. The molecule has 1 aliphatic rings. The molecule has 0 aliphatic carbocycles. The Labute approximate surface area is 158 Å². The topological polar surface area (TPSA) is 99.0 Å². The summed E-state index contributed by atoms with van der Waals surface area (Å²) >= 11 is 0. The third-order valence-corrected chi connectivity index (χ3v) is 4.13. The van der Waals surface area contributed by atoms with Crippen LogP contribution in [0.25, 0.3) is 0 Å². The minimum Gasteiger partial charge on any atom is -0.399 e. The van der Waals surface area contributed by atoms with Crippen LogP contribution in [-0.4, -0.2) is 32.4 Å². The lowest BCUT2D eigenvalue weighted by molar-refractivity contribution is 0.243. The molecule has 10 heteroatoms. The van der Waals surface area contributed by atoms with Crippen LogP contribution in [-0.2, 0) is 13.0 Å². The molecule has 1 aliphatic heterocycles. The lowest BCUT2D eigenvalue weighted by atomic mass is 10.0. The zero-order chi connectivity index (χ0) is 20.3. The largest absolute Gasteiger partial charge is 0.399 e. The molecular weight excluding hydrogens is 370 g/mol. The van der Waals surface area contributed by atoms with E-state index in [-0.39, 0.29) is 0 Å². The van der Waals surface area contributed by atoms with Gasteiger partial charge < -0.3 is 5.73 Å². The molecule has 2 heterocycles. The number of aryl methyl sites for hydroxylation is 1. The molecule has 3 rings (SSSR count). The van der Waals surface area contributed by atoms with E-state index in [0.29, 0.717) is 33.7 Å². The Balaban J connectivity index is 1.82. The molecule has 2 aromatic rings. The summed E-state index contributed by atoms with van der Waals surface area (Å²) in [6, 6.07) is 4.49. The van der Waals surface area contributed by atoms with E-state index >= 15 is 0 Å². The molecular formula is C18H18F2N6O2. The van der Waals surface area contributed by atoms with Crippen LogP contribution in [0.1, 0.15) is 12.0 Å². The molecule has 1 aromatic heterocycles. The highest BCUT2D eigenvalue weighted by Crippen LogP contribution is 2.29. The summed E-state index contributed by atoms with van der Waals surface area (Å²) in [7, 11) is 0. The van der Waals surface area contributed by atoms with Crippen molar-refractivity contribution in [2.24, 2.45) is 0 Å². The second-order valence-corrected chi connectivity index (χ2v) is 6.18. The molecule has 0 saturated heterocycles. The van der Waals surface area contributed by atoms with Gasteiger partial charge in [-0.3, -0.25) is 4.90 Å². The number of nitrogen functional groups attached to an aromatic ring is 1. The summed E-state index contributed by atoms with van der Waals surface area (Å²) in [6.45, 7) is 2.87. The number of hydrogen-bond acceptors (Lipinski definition) is 5. The number of tetrazole rings is 1. The van der Waals surface area contributed by atoms with Crippen molar-refractivity contribution < 1.29 is 13.6 Å². The SMILES string of the molecule is C=C(F)/C=C\C=C(\F)Cn1nnn(C(=O)N2CCCc3cc(N)ccc32)c1=O. The van der Waals surface area contributed by atoms with Crippen molar-refractivity contribution in [2.45, 2.75) is 19.4 Å². The van der Waals surface area contributed by atoms with Gasteiger partial charge in [0.15, 0.2) is 0 Å². The van der Waals surface area contributed by atoms with Gasteiger partial charge in [-0.05, 0) is 59.2 Å². The minimum absolute atomic E-state index is 0.404. The monoisotopic (exact) mass is 388 g/mol. The average Bonchev–Trinajstić information content (AvgIpc) is 3.00. The molecule has 1 aromatic carbocycles. The lowest BCUT2D eigenvalue weighted by Crippen LogP contribution is -2.43. The Morgan fingerprint density at radius 1 is 1.32 bits per heavy atom. The number of benzene rings is 1. The number of carbonyl (C=O) groups excluding carboxylic acids is 1. The van der Waals surface area contributed by atoms with E-state index in [2.05, 4.69) is 17.0 Å². The maximum atomic E-state index is 13.8. The molecule has 146 valence electrons. The van der Waals surface area contributed by atoms with E-state index in [1.165, 1.54) is 4.90 Å². The van der Waals surface area contributed by atoms with Gasteiger partial charge in [-0.2, -0.15) is 4.68 Å². The van der Waals surface area contributed by atoms with Gasteiger partial charge in [-0.1, -0.05) is 12.7 Å². The number of amides is 1. The van der Waals surface area contributed by atoms with Crippen LogP contribution in [0.5, 0.6) is 0 Å². The van der Waals surface area contributed by atoms with E-state index in [4.69, 9.17) is 5.73 Å². The number of fused-ring (bicyclic) bond motifs is 1. The van der Waals surface area contributed by atoms with Gasteiger partial charge in [-0.15, -0.1) is 4.68 Å². The Morgan fingerprint density at radius 2 is 2.11 bits per heavy atom. The third-order valence-electron chi connectivity index (χ3n) is 4.13. The van der Waals surface area contributed by atoms with E-state index in [1.54, 1.807) is 18.2 Å².